The third kappa shape index (κ3) is 3.63. The van der Waals surface area contributed by atoms with Gasteiger partial charge in [-0.25, -0.2) is 4.98 Å². The van der Waals surface area contributed by atoms with E-state index in [1.54, 1.807) is 27.4 Å². The van der Waals surface area contributed by atoms with Crippen molar-refractivity contribution in [2.24, 2.45) is 0 Å². The van der Waals surface area contributed by atoms with Crippen LogP contribution in [0.25, 0.3) is 0 Å². The Morgan fingerprint density at radius 3 is 2.21 bits per heavy atom. The first-order valence-electron chi connectivity index (χ1n) is 7.16. The Bertz CT molecular complexity index is 749. The van der Waals surface area contributed by atoms with E-state index in [1.807, 2.05) is 25.1 Å². The molecule has 126 valence electrons. The standard InChI is InChI=1S/C17H18ClN3O3/c1-10(21-17-13(18)5-11(8-19)9-20-17)12-6-14(22-2)16(24-4)15(7-12)23-3/h5-7,9-10H,1-4H3,(H,20,21)/t10-/m0/s1. The van der Waals surface area contributed by atoms with Crippen molar-refractivity contribution in [3.63, 3.8) is 0 Å². The van der Waals surface area contributed by atoms with Gasteiger partial charge in [0.05, 0.1) is 38.0 Å². The van der Waals surface area contributed by atoms with Gasteiger partial charge in [-0.15, -0.1) is 0 Å². The van der Waals surface area contributed by atoms with Crippen LogP contribution < -0.4 is 19.5 Å². The van der Waals surface area contributed by atoms with Crippen LogP contribution in [0.3, 0.4) is 0 Å². The number of rotatable bonds is 6. The molecule has 2 rings (SSSR count). The van der Waals surface area contributed by atoms with Gasteiger partial charge in [-0.05, 0) is 30.7 Å². The fraction of sp³-hybridized carbons (Fsp3) is 0.294. The summed E-state index contributed by atoms with van der Waals surface area (Å²) in [6, 6.07) is 7.16. The molecule has 6 nitrogen and oxygen atoms in total. The van der Waals surface area contributed by atoms with Gasteiger partial charge < -0.3 is 19.5 Å². The molecule has 0 aliphatic carbocycles. The van der Waals surface area contributed by atoms with Crippen molar-refractivity contribution in [3.8, 4) is 23.3 Å². The second-order valence-corrected chi connectivity index (χ2v) is 5.40. The Labute approximate surface area is 145 Å². The van der Waals surface area contributed by atoms with Crippen LogP contribution in [-0.4, -0.2) is 26.3 Å². The van der Waals surface area contributed by atoms with E-state index in [2.05, 4.69) is 10.3 Å². The van der Waals surface area contributed by atoms with Gasteiger partial charge in [0.25, 0.3) is 0 Å². The van der Waals surface area contributed by atoms with E-state index in [1.165, 1.54) is 6.20 Å². The summed E-state index contributed by atoms with van der Waals surface area (Å²) in [7, 11) is 4.69. The van der Waals surface area contributed by atoms with Crippen molar-refractivity contribution >= 4 is 17.4 Å². The highest BCUT2D eigenvalue weighted by atomic mass is 35.5. The molecule has 1 N–H and O–H groups in total. The van der Waals surface area contributed by atoms with Crippen LogP contribution in [0.4, 0.5) is 5.82 Å². The molecule has 2 aromatic rings. The van der Waals surface area contributed by atoms with Crippen LogP contribution in [-0.2, 0) is 0 Å². The lowest BCUT2D eigenvalue weighted by molar-refractivity contribution is 0.323. The summed E-state index contributed by atoms with van der Waals surface area (Å²) in [5.41, 5.74) is 1.32. The maximum absolute atomic E-state index is 8.87. The fourth-order valence-corrected chi connectivity index (χ4v) is 2.47. The molecule has 24 heavy (non-hydrogen) atoms. The molecule has 0 unspecified atom stereocenters. The van der Waals surface area contributed by atoms with Gasteiger partial charge in [0.15, 0.2) is 11.5 Å². The molecule has 0 saturated carbocycles. The molecule has 0 radical (unpaired) electrons. The van der Waals surface area contributed by atoms with Gasteiger partial charge in [0.1, 0.15) is 11.9 Å². The average molecular weight is 348 g/mol. The largest absolute Gasteiger partial charge is 0.493 e. The number of anilines is 1. The molecule has 0 spiro atoms. The van der Waals surface area contributed by atoms with Crippen molar-refractivity contribution in [2.45, 2.75) is 13.0 Å². The predicted octanol–water partition coefficient (Wildman–Crippen LogP) is 3.81. The highest BCUT2D eigenvalue weighted by Crippen LogP contribution is 2.40. The van der Waals surface area contributed by atoms with Crippen LogP contribution >= 0.6 is 11.6 Å². The fourth-order valence-electron chi connectivity index (χ4n) is 2.25. The molecule has 0 fully saturated rings. The maximum Gasteiger partial charge on any atom is 0.203 e. The Morgan fingerprint density at radius 2 is 1.75 bits per heavy atom. The van der Waals surface area contributed by atoms with Gasteiger partial charge in [0.2, 0.25) is 5.75 Å². The van der Waals surface area contributed by atoms with Crippen LogP contribution in [0.5, 0.6) is 17.2 Å². The van der Waals surface area contributed by atoms with E-state index >= 15 is 0 Å². The zero-order chi connectivity index (χ0) is 17.7. The number of nitrogens with one attached hydrogen (secondary N) is 1. The predicted molar refractivity (Wildman–Crippen MR) is 92.1 cm³/mol. The maximum atomic E-state index is 8.87. The van der Waals surface area contributed by atoms with Crippen LogP contribution in [0.2, 0.25) is 5.02 Å². The molecule has 0 bridgehead atoms. The van der Waals surface area contributed by atoms with E-state index in [0.29, 0.717) is 33.7 Å². The first kappa shape index (κ1) is 17.7. The number of nitrogens with zero attached hydrogens (tertiary/aromatic N) is 2. The lowest BCUT2D eigenvalue weighted by Crippen LogP contribution is -2.09. The third-order valence-electron chi connectivity index (χ3n) is 3.51. The molecule has 1 aromatic heterocycles. The summed E-state index contributed by atoms with van der Waals surface area (Å²) in [4.78, 5) is 4.18. The molecular weight excluding hydrogens is 330 g/mol. The summed E-state index contributed by atoms with van der Waals surface area (Å²) >= 11 is 6.16. The van der Waals surface area contributed by atoms with Gasteiger partial charge >= 0.3 is 0 Å². The molecule has 1 atom stereocenters. The second-order valence-electron chi connectivity index (χ2n) is 4.99. The molecule has 0 aliphatic rings. The lowest BCUT2D eigenvalue weighted by Gasteiger charge is -2.19. The van der Waals surface area contributed by atoms with E-state index in [-0.39, 0.29) is 6.04 Å². The SMILES string of the molecule is COc1cc([C@H](C)Nc2ncc(C#N)cc2Cl)cc(OC)c1OC. The van der Waals surface area contributed by atoms with E-state index in [9.17, 15) is 0 Å². The minimum absolute atomic E-state index is 0.128. The van der Waals surface area contributed by atoms with E-state index in [0.717, 1.165) is 5.56 Å². The van der Waals surface area contributed by atoms with Crippen molar-refractivity contribution in [2.75, 3.05) is 26.6 Å². The van der Waals surface area contributed by atoms with Crippen molar-refractivity contribution in [3.05, 3.63) is 40.5 Å². The number of pyridine rings is 1. The van der Waals surface area contributed by atoms with Gasteiger partial charge in [-0.1, -0.05) is 11.6 Å². The average Bonchev–Trinajstić information content (AvgIpc) is 2.61. The number of ether oxygens (including phenoxy) is 3. The molecule has 1 heterocycles. The number of hydrogen-bond donors (Lipinski definition) is 1. The van der Waals surface area contributed by atoms with Crippen LogP contribution in [0.15, 0.2) is 24.4 Å². The van der Waals surface area contributed by atoms with Gasteiger partial charge in [0, 0.05) is 6.20 Å². The smallest absolute Gasteiger partial charge is 0.203 e. The quantitative estimate of drug-likeness (QED) is 0.856. The normalized spacial score (nSPS) is 11.3. The highest BCUT2D eigenvalue weighted by molar-refractivity contribution is 6.33. The Kier molecular flexibility index (Phi) is 5.72. The molecule has 0 amide bonds. The molecule has 1 aromatic carbocycles. The number of nitriles is 1. The highest BCUT2D eigenvalue weighted by Gasteiger charge is 2.17. The zero-order valence-corrected chi connectivity index (χ0v) is 14.6. The summed E-state index contributed by atoms with van der Waals surface area (Å²) in [6.07, 6.45) is 1.47. The first-order chi connectivity index (χ1) is 11.5. The van der Waals surface area contributed by atoms with E-state index < -0.39 is 0 Å². The Hall–Kier alpha value is -2.65. The minimum atomic E-state index is -0.128. The van der Waals surface area contributed by atoms with Crippen LogP contribution in [0.1, 0.15) is 24.1 Å². The van der Waals surface area contributed by atoms with Crippen molar-refractivity contribution < 1.29 is 14.2 Å². The van der Waals surface area contributed by atoms with E-state index in [4.69, 9.17) is 31.1 Å². The van der Waals surface area contributed by atoms with Gasteiger partial charge in [-0.3, -0.25) is 0 Å². The lowest BCUT2D eigenvalue weighted by atomic mass is 10.1. The number of halogens is 1. The number of methoxy groups -OCH3 is 3. The molecular formula is C17H18ClN3O3. The summed E-state index contributed by atoms with van der Waals surface area (Å²) < 4.78 is 16.0. The van der Waals surface area contributed by atoms with Gasteiger partial charge in [-0.2, -0.15) is 5.26 Å². The second kappa shape index (κ2) is 7.75. The topological polar surface area (TPSA) is 76.4 Å². The summed E-state index contributed by atoms with van der Waals surface area (Å²) in [5, 5.41) is 12.5. The molecule has 7 heteroatoms. The summed E-state index contributed by atoms with van der Waals surface area (Å²) in [5.74, 6) is 2.17. The van der Waals surface area contributed by atoms with Crippen LogP contribution in [0, 0.1) is 11.3 Å². The molecule has 0 saturated heterocycles. The summed E-state index contributed by atoms with van der Waals surface area (Å²) in [6.45, 7) is 1.96. The van der Waals surface area contributed by atoms with Crippen molar-refractivity contribution in [1.82, 2.24) is 4.98 Å². The first-order valence-corrected chi connectivity index (χ1v) is 7.53. The van der Waals surface area contributed by atoms with Crippen molar-refractivity contribution in [1.29, 1.82) is 5.26 Å². The number of aromatic nitrogens is 1. The number of hydrogen-bond acceptors (Lipinski definition) is 6. The number of benzene rings is 1. The Balaban J connectivity index is 2.33. The molecule has 0 aliphatic heterocycles. The Morgan fingerprint density at radius 1 is 1.12 bits per heavy atom. The minimum Gasteiger partial charge on any atom is -0.493 e. The third-order valence-corrected chi connectivity index (χ3v) is 3.80. The monoisotopic (exact) mass is 347 g/mol. The zero-order valence-electron chi connectivity index (χ0n) is 13.9.